The number of piperazine rings is 1. The largest absolute Gasteiger partial charge is 0.489 e. The van der Waals surface area contributed by atoms with Crippen molar-refractivity contribution in [3.05, 3.63) is 66.1 Å². The van der Waals surface area contributed by atoms with Gasteiger partial charge in [0.15, 0.2) is 0 Å². The molecule has 1 aliphatic rings. The number of nitrogens with zero attached hydrogens (tertiary/aromatic N) is 2. The van der Waals surface area contributed by atoms with E-state index in [0.29, 0.717) is 6.61 Å². The van der Waals surface area contributed by atoms with Crippen molar-refractivity contribution in [3.63, 3.8) is 0 Å². The van der Waals surface area contributed by atoms with Crippen LogP contribution in [0.1, 0.15) is 5.56 Å². The fraction of sp³-hybridized carbons (Fsp3) is 0.250. The molecule has 0 radical (unpaired) electrons. The highest BCUT2D eigenvalue weighted by molar-refractivity contribution is 5.93. The molecule has 5 heteroatoms. The van der Waals surface area contributed by atoms with E-state index in [1.54, 1.807) is 12.1 Å². The van der Waals surface area contributed by atoms with Crippen molar-refractivity contribution in [1.29, 1.82) is 0 Å². The van der Waals surface area contributed by atoms with Crippen LogP contribution in [0.3, 0.4) is 0 Å². The van der Waals surface area contributed by atoms with Crippen molar-refractivity contribution in [2.24, 2.45) is 0 Å². The first-order chi connectivity index (χ1) is 12.3. The summed E-state index contributed by atoms with van der Waals surface area (Å²) in [5.41, 5.74) is 0.940. The lowest BCUT2D eigenvalue weighted by Crippen LogP contribution is -2.43. The molecule has 0 saturated carbocycles. The SMILES string of the molecule is Fc1ccc(COc2ccc3ccnc(N4CCNCC4)c3c2)cc1. The summed E-state index contributed by atoms with van der Waals surface area (Å²) in [5.74, 6) is 1.56. The van der Waals surface area contributed by atoms with Crippen molar-refractivity contribution in [1.82, 2.24) is 10.3 Å². The molecule has 2 heterocycles. The number of anilines is 1. The summed E-state index contributed by atoms with van der Waals surface area (Å²) in [6.07, 6.45) is 1.86. The van der Waals surface area contributed by atoms with Gasteiger partial charge in [-0.3, -0.25) is 0 Å². The van der Waals surface area contributed by atoms with Crippen LogP contribution in [-0.2, 0) is 6.61 Å². The molecule has 1 saturated heterocycles. The number of fused-ring (bicyclic) bond motifs is 1. The molecule has 0 unspecified atom stereocenters. The molecule has 4 rings (SSSR count). The van der Waals surface area contributed by atoms with Crippen LogP contribution in [0.15, 0.2) is 54.7 Å². The fourth-order valence-corrected chi connectivity index (χ4v) is 3.10. The lowest BCUT2D eigenvalue weighted by Gasteiger charge is -2.29. The molecule has 4 nitrogen and oxygen atoms in total. The van der Waals surface area contributed by atoms with Crippen LogP contribution < -0.4 is 15.0 Å². The van der Waals surface area contributed by atoms with Crippen molar-refractivity contribution in [2.75, 3.05) is 31.1 Å². The van der Waals surface area contributed by atoms with Crippen molar-refractivity contribution in [3.8, 4) is 5.75 Å². The Labute approximate surface area is 146 Å². The number of pyridine rings is 1. The van der Waals surface area contributed by atoms with Gasteiger partial charge in [-0.15, -0.1) is 0 Å². The minimum Gasteiger partial charge on any atom is -0.489 e. The van der Waals surface area contributed by atoms with Gasteiger partial charge in [0.25, 0.3) is 0 Å². The molecule has 128 valence electrons. The van der Waals surface area contributed by atoms with Crippen LogP contribution in [0, 0.1) is 5.82 Å². The Kier molecular flexibility index (Phi) is 4.48. The van der Waals surface area contributed by atoms with E-state index in [1.165, 1.54) is 12.1 Å². The molecule has 25 heavy (non-hydrogen) atoms. The molecule has 1 aromatic heterocycles. The molecule has 1 N–H and O–H groups in total. The second-order valence-corrected chi connectivity index (χ2v) is 6.17. The Morgan fingerprint density at radius 2 is 1.84 bits per heavy atom. The lowest BCUT2D eigenvalue weighted by atomic mass is 10.1. The highest BCUT2D eigenvalue weighted by Gasteiger charge is 2.14. The third-order valence-corrected chi connectivity index (χ3v) is 4.45. The van der Waals surface area contributed by atoms with Gasteiger partial charge in [-0.05, 0) is 41.3 Å². The molecule has 1 fully saturated rings. The van der Waals surface area contributed by atoms with E-state index >= 15 is 0 Å². The van der Waals surface area contributed by atoms with Crippen molar-refractivity contribution < 1.29 is 9.13 Å². The van der Waals surface area contributed by atoms with Gasteiger partial charge in [-0.1, -0.05) is 18.2 Å². The number of ether oxygens (including phenoxy) is 1. The minimum atomic E-state index is -0.235. The topological polar surface area (TPSA) is 37.4 Å². The number of benzene rings is 2. The van der Waals surface area contributed by atoms with Crippen LogP contribution >= 0.6 is 0 Å². The summed E-state index contributed by atoms with van der Waals surface area (Å²) in [6, 6.07) is 14.5. The number of hydrogen-bond donors (Lipinski definition) is 1. The molecule has 0 aliphatic carbocycles. The quantitative estimate of drug-likeness (QED) is 0.792. The van der Waals surface area contributed by atoms with Gasteiger partial charge in [0.05, 0.1) is 0 Å². The zero-order valence-electron chi connectivity index (χ0n) is 13.9. The van der Waals surface area contributed by atoms with Gasteiger partial charge in [0, 0.05) is 37.8 Å². The average Bonchev–Trinajstić information content (AvgIpc) is 2.67. The Hall–Kier alpha value is -2.66. The van der Waals surface area contributed by atoms with E-state index in [-0.39, 0.29) is 5.82 Å². The molecule has 0 spiro atoms. The van der Waals surface area contributed by atoms with Gasteiger partial charge in [-0.25, -0.2) is 9.37 Å². The highest BCUT2D eigenvalue weighted by Crippen LogP contribution is 2.28. The minimum absolute atomic E-state index is 0.235. The average molecular weight is 337 g/mol. The second kappa shape index (κ2) is 7.07. The van der Waals surface area contributed by atoms with Crippen LogP contribution in [0.5, 0.6) is 5.75 Å². The fourth-order valence-electron chi connectivity index (χ4n) is 3.10. The zero-order valence-corrected chi connectivity index (χ0v) is 13.9. The predicted octanol–water partition coefficient (Wildman–Crippen LogP) is 3.36. The number of rotatable bonds is 4. The molecular formula is C20H20FN3O. The standard InChI is InChI=1S/C20H20FN3O/c21-17-4-1-15(2-5-17)14-25-18-6-3-16-7-8-23-20(19(16)13-18)24-11-9-22-10-12-24/h1-8,13,22H,9-12,14H2. The van der Waals surface area contributed by atoms with Crippen molar-refractivity contribution >= 4 is 16.6 Å². The van der Waals surface area contributed by atoms with Gasteiger partial charge in [0.2, 0.25) is 0 Å². The maximum absolute atomic E-state index is 13.0. The van der Waals surface area contributed by atoms with E-state index in [9.17, 15) is 4.39 Å². The molecule has 2 aromatic carbocycles. The van der Waals surface area contributed by atoms with E-state index in [2.05, 4.69) is 21.3 Å². The predicted molar refractivity (Wildman–Crippen MR) is 97.6 cm³/mol. The molecule has 0 amide bonds. The highest BCUT2D eigenvalue weighted by atomic mass is 19.1. The summed E-state index contributed by atoms with van der Waals surface area (Å²) < 4.78 is 18.9. The molecule has 0 atom stereocenters. The summed E-state index contributed by atoms with van der Waals surface area (Å²) in [6.45, 7) is 4.26. The Bertz CT molecular complexity index is 860. The Balaban J connectivity index is 1.58. The summed E-state index contributed by atoms with van der Waals surface area (Å²) in [7, 11) is 0. The normalized spacial score (nSPS) is 14.7. The van der Waals surface area contributed by atoms with Gasteiger partial charge in [0.1, 0.15) is 24.0 Å². The van der Waals surface area contributed by atoms with Crippen LogP contribution in [0.2, 0.25) is 0 Å². The van der Waals surface area contributed by atoms with Crippen LogP contribution in [0.4, 0.5) is 10.2 Å². The van der Waals surface area contributed by atoms with Gasteiger partial charge >= 0.3 is 0 Å². The monoisotopic (exact) mass is 337 g/mol. The summed E-state index contributed by atoms with van der Waals surface area (Å²) in [5, 5.41) is 5.61. The van der Waals surface area contributed by atoms with Gasteiger partial charge in [-0.2, -0.15) is 0 Å². The van der Waals surface area contributed by atoms with Crippen LogP contribution in [0.25, 0.3) is 10.8 Å². The molecule has 1 aliphatic heterocycles. The van der Waals surface area contributed by atoms with Crippen LogP contribution in [-0.4, -0.2) is 31.2 Å². The summed E-state index contributed by atoms with van der Waals surface area (Å²) >= 11 is 0. The first-order valence-corrected chi connectivity index (χ1v) is 8.51. The number of aromatic nitrogens is 1. The first kappa shape index (κ1) is 15.8. The molecule has 0 bridgehead atoms. The Morgan fingerprint density at radius 3 is 2.64 bits per heavy atom. The molecule has 3 aromatic rings. The van der Waals surface area contributed by atoms with Crippen molar-refractivity contribution in [2.45, 2.75) is 6.61 Å². The zero-order chi connectivity index (χ0) is 17.1. The van der Waals surface area contributed by atoms with Gasteiger partial charge < -0.3 is 15.0 Å². The maximum Gasteiger partial charge on any atom is 0.136 e. The number of nitrogens with one attached hydrogen (secondary N) is 1. The van der Waals surface area contributed by atoms with E-state index in [0.717, 1.165) is 54.1 Å². The lowest BCUT2D eigenvalue weighted by molar-refractivity contribution is 0.306. The second-order valence-electron chi connectivity index (χ2n) is 6.17. The van der Waals surface area contributed by atoms with E-state index in [1.807, 2.05) is 24.4 Å². The smallest absolute Gasteiger partial charge is 0.136 e. The third-order valence-electron chi connectivity index (χ3n) is 4.45. The first-order valence-electron chi connectivity index (χ1n) is 8.51. The Morgan fingerprint density at radius 1 is 1.04 bits per heavy atom. The maximum atomic E-state index is 13.0. The van der Waals surface area contributed by atoms with E-state index in [4.69, 9.17) is 4.74 Å². The van der Waals surface area contributed by atoms with E-state index < -0.39 is 0 Å². The third kappa shape index (κ3) is 3.56. The number of halogens is 1. The summed E-state index contributed by atoms with van der Waals surface area (Å²) in [4.78, 5) is 6.91. The number of hydrogen-bond acceptors (Lipinski definition) is 4. The molecular weight excluding hydrogens is 317 g/mol.